The van der Waals surface area contributed by atoms with Gasteiger partial charge in [0.15, 0.2) is 10.8 Å². The van der Waals surface area contributed by atoms with Crippen LogP contribution in [0.15, 0.2) is 0 Å². The molecular weight excluding hydrogens is 1360 g/mol. The summed E-state index contributed by atoms with van der Waals surface area (Å²) < 4.78 is 45.7. The molecule has 4 bridgehead atoms. The molecule has 2 heterocycles. The Morgan fingerprint density at radius 3 is 1.09 bits per heavy atom. The van der Waals surface area contributed by atoms with Gasteiger partial charge in [-0.05, 0) is 275 Å². The zero-order valence-corrected chi connectivity index (χ0v) is 72.4. The molecular formula is C90H150N2O16. The van der Waals surface area contributed by atoms with Crippen molar-refractivity contribution in [3.63, 3.8) is 0 Å². The molecule has 108 heavy (non-hydrogen) atoms. The molecule has 0 amide bonds. The number of ether oxygens (including phenoxy) is 8. The van der Waals surface area contributed by atoms with Crippen molar-refractivity contribution in [3.05, 3.63) is 0 Å². The molecule has 0 N–H and O–H groups in total. The fourth-order valence-corrected chi connectivity index (χ4v) is 17.5. The molecule has 2 saturated heterocycles. The summed E-state index contributed by atoms with van der Waals surface area (Å²) in [5, 5.41) is 18.6. The summed E-state index contributed by atoms with van der Waals surface area (Å²) in [7, 11) is 0. The monoisotopic (exact) mass is 1520 g/mol. The summed E-state index contributed by atoms with van der Waals surface area (Å²) in [4.78, 5) is 97.2. The minimum atomic E-state index is -0.974. The molecule has 0 aromatic rings. The number of esters is 8. The Morgan fingerprint density at radius 1 is 0.426 bits per heavy atom. The van der Waals surface area contributed by atoms with Gasteiger partial charge in [0.05, 0.1) is 44.6 Å². The van der Waals surface area contributed by atoms with Gasteiger partial charge in [0.25, 0.3) is 0 Å². The summed E-state index contributed by atoms with van der Waals surface area (Å²) in [5.41, 5.74) is -5.18. The molecule has 2 aliphatic heterocycles. The van der Waals surface area contributed by atoms with Gasteiger partial charge < -0.3 is 37.9 Å². The largest absolute Gasteiger partial charge is 0.459 e. The van der Waals surface area contributed by atoms with E-state index in [1.165, 1.54) is 89.9 Å². The van der Waals surface area contributed by atoms with Gasteiger partial charge in [-0.3, -0.25) is 38.4 Å². The summed E-state index contributed by atoms with van der Waals surface area (Å²) in [6.07, 6.45) is 31.0. The zero-order valence-electron chi connectivity index (χ0n) is 72.4. The Kier molecular flexibility index (Phi) is 32.5. The van der Waals surface area contributed by atoms with Gasteiger partial charge in [0.1, 0.15) is 46.8 Å². The smallest absolute Gasteiger partial charge is 0.327 e. The Hall–Kier alpha value is -5.26. The van der Waals surface area contributed by atoms with Crippen LogP contribution >= 0.6 is 0 Å². The van der Waals surface area contributed by atoms with E-state index in [-0.39, 0.29) is 116 Å². The number of carbonyl (C=O) groups is 8. The first-order chi connectivity index (χ1) is 50.3. The number of nitrogens with zero attached hydrogens (tertiary/aromatic N) is 2. The summed E-state index contributed by atoms with van der Waals surface area (Å²) in [6, 6.07) is 4.30. The van der Waals surface area contributed by atoms with Crippen molar-refractivity contribution in [2.45, 2.75) is 425 Å². The summed E-state index contributed by atoms with van der Waals surface area (Å²) >= 11 is 0. The van der Waals surface area contributed by atoms with E-state index in [0.717, 1.165) is 89.9 Å². The first kappa shape index (κ1) is 93.3. The molecule has 8 aliphatic carbocycles. The van der Waals surface area contributed by atoms with Crippen LogP contribution in [0.1, 0.15) is 379 Å². The molecule has 10 aliphatic rings. The number of rotatable bonds is 25. The van der Waals surface area contributed by atoms with Crippen LogP contribution in [-0.2, 0) is 76.3 Å². The molecule has 18 heteroatoms. The molecule has 10 fully saturated rings. The molecule has 0 aromatic heterocycles. The lowest BCUT2D eigenvalue weighted by molar-refractivity contribution is -0.180. The van der Waals surface area contributed by atoms with E-state index in [0.29, 0.717) is 43.4 Å². The van der Waals surface area contributed by atoms with Crippen LogP contribution in [0.2, 0.25) is 0 Å². The van der Waals surface area contributed by atoms with Crippen molar-refractivity contribution in [2.75, 3.05) is 0 Å². The maximum atomic E-state index is 12.4. The van der Waals surface area contributed by atoms with Crippen LogP contribution in [0.5, 0.6) is 0 Å². The first-order valence-electron chi connectivity index (χ1n) is 42.9. The molecule has 616 valence electrons. The number of hydrogen-bond acceptors (Lipinski definition) is 18. The fraction of sp³-hybridized carbons (Fsp3) is 0.889. The van der Waals surface area contributed by atoms with Gasteiger partial charge in [0, 0.05) is 23.7 Å². The first-order valence-corrected chi connectivity index (χ1v) is 42.9. The van der Waals surface area contributed by atoms with Crippen molar-refractivity contribution in [1.82, 2.24) is 0 Å². The summed E-state index contributed by atoms with van der Waals surface area (Å²) in [5.74, 6) is 0.0547. The van der Waals surface area contributed by atoms with Crippen molar-refractivity contribution in [2.24, 2.45) is 84.7 Å². The van der Waals surface area contributed by atoms with Gasteiger partial charge in [-0.25, -0.2) is 0 Å². The standard InChI is InChI=1S/C17H32O2.C16H30O2.2C15H19NO4.C14H26O2.C13H24O2/c1-6-16(4,5)15(18)19-17(7-2,8-3)14-12-10-9-11-13-14;1-6-15(3,4)14(17)18-16(5,7-2)13-11-9-8-10-12-13;2*1-4-14(2,3)12(17)19-10-8-5-9-11(10)20-13(18)15(9,6-8)7-16;1-6-13(4,5)12(15)16-14(11(2)3)9-7-8-10-14;1-5-12(3,4)11(14)15-13(6-2)9-7-8-10-13/h14H,6-13H2,1-5H3;13H,6-12H2,1-5H3;2*8-11H,4-6H2,1-3H3;11H,6-10H2,1-5H3;5-10H2,1-4H3. The molecule has 8 saturated carbocycles. The second-order valence-corrected chi connectivity index (χ2v) is 38.5. The predicted molar refractivity (Wildman–Crippen MR) is 420 cm³/mol. The third kappa shape index (κ3) is 20.6. The van der Waals surface area contributed by atoms with Crippen molar-refractivity contribution < 1.29 is 76.3 Å². The Balaban J connectivity index is 0.000000233. The van der Waals surface area contributed by atoms with Crippen molar-refractivity contribution in [1.29, 1.82) is 10.5 Å². The van der Waals surface area contributed by atoms with Crippen LogP contribution in [-0.4, -0.2) is 94.6 Å². The lowest BCUT2D eigenvalue weighted by Crippen LogP contribution is -2.45. The second kappa shape index (κ2) is 37.6. The molecule has 11 unspecified atom stereocenters. The Labute approximate surface area is 653 Å². The lowest BCUT2D eigenvalue weighted by Gasteiger charge is -2.42. The van der Waals surface area contributed by atoms with Crippen LogP contribution in [0.3, 0.4) is 0 Å². The van der Waals surface area contributed by atoms with Crippen LogP contribution in [0.25, 0.3) is 0 Å². The highest BCUT2D eigenvalue weighted by Crippen LogP contribution is 2.64. The van der Waals surface area contributed by atoms with E-state index < -0.39 is 45.8 Å². The maximum Gasteiger partial charge on any atom is 0.327 e. The minimum absolute atomic E-state index is 0.00993. The molecule has 0 spiro atoms. The number of fused-ring (bicyclic) bond motifs is 2. The van der Waals surface area contributed by atoms with Gasteiger partial charge in [-0.2, -0.15) is 10.5 Å². The van der Waals surface area contributed by atoms with Gasteiger partial charge in [-0.1, -0.05) is 122 Å². The minimum Gasteiger partial charge on any atom is -0.459 e. The fourth-order valence-electron chi connectivity index (χ4n) is 17.5. The van der Waals surface area contributed by atoms with E-state index in [1.54, 1.807) is 0 Å². The average Bonchev–Trinajstić information content (AvgIpc) is 1.54. The molecule has 18 nitrogen and oxygen atoms in total. The highest BCUT2D eigenvalue weighted by Gasteiger charge is 2.74. The van der Waals surface area contributed by atoms with Crippen molar-refractivity contribution in [3.8, 4) is 12.1 Å². The van der Waals surface area contributed by atoms with E-state index >= 15 is 0 Å². The molecule has 0 radical (unpaired) electrons. The predicted octanol–water partition coefficient (Wildman–Crippen LogP) is 21.1. The average molecular weight is 1520 g/mol. The quantitative estimate of drug-likeness (QED) is 0.0608. The number of carbonyl (C=O) groups excluding carboxylic acids is 8. The third-order valence-corrected chi connectivity index (χ3v) is 29.2. The van der Waals surface area contributed by atoms with Crippen LogP contribution < -0.4 is 0 Å². The number of hydrogen-bond donors (Lipinski definition) is 0. The van der Waals surface area contributed by atoms with Gasteiger partial charge in [0.2, 0.25) is 0 Å². The molecule has 10 rings (SSSR count). The van der Waals surface area contributed by atoms with E-state index in [4.69, 9.17) is 37.9 Å². The van der Waals surface area contributed by atoms with E-state index in [1.807, 2.05) is 118 Å². The van der Waals surface area contributed by atoms with Crippen molar-refractivity contribution >= 4 is 47.8 Å². The topological polar surface area (TPSA) is 258 Å². The lowest BCUT2D eigenvalue weighted by atomic mass is 9.73. The second-order valence-electron chi connectivity index (χ2n) is 38.5. The summed E-state index contributed by atoms with van der Waals surface area (Å²) in [6.45, 7) is 50.3. The Morgan fingerprint density at radius 2 is 0.759 bits per heavy atom. The molecule has 0 aromatic carbocycles. The normalized spacial score (nSPS) is 27.9. The third-order valence-electron chi connectivity index (χ3n) is 29.2. The highest BCUT2D eigenvalue weighted by atomic mass is 16.6. The SMILES string of the molecule is CCC(C)(C)C(=O)OC(C)(CC)C1CCCCC1.CCC(C)(C)C(=O)OC(CC)(CC)C1CCCCC1.CCC(C)(C)C(=O)OC1(C(C)C)CCCC1.CCC(C)(C)C(=O)OC1C2CC3C1OC(=O)C3(C#N)C2.CCC(C)(C)C(=O)OC1C2CC3C1OC(=O)C3(C#N)C2.CCC1(OC(=O)C(C)(C)CC)CCCC1. The van der Waals surface area contributed by atoms with Crippen LogP contribution in [0, 0.1) is 107 Å². The number of nitriles is 2. The van der Waals surface area contributed by atoms with E-state index in [2.05, 4.69) is 67.5 Å². The zero-order chi connectivity index (χ0) is 81.7. The van der Waals surface area contributed by atoms with E-state index in [9.17, 15) is 48.9 Å². The Bertz CT molecular complexity index is 3020. The molecule has 11 atom stereocenters. The van der Waals surface area contributed by atoms with Gasteiger partial charge in [-0.15, -0.1) is 0 Å². The maximum absolute atomic E-state index is 12.4. The highest BCUT2D eigenvalue weighted by molar-refractivity contribution is 5.86. The van der Waals surface area contributed by atoms with Gasteiger partial charge >= 0.3 is 47.8 Å². The van der Waals surface area contributed by atoms with Crippen LogP contribution in [0.4, 0.5) is 0 Å².